The predicted octanol–water partition coefficient (Wildman–Crippen LogP) is 4.21. The summed E-state index contributed by atoms with van der Waals surface area (Å²) in [4.78, 5) is 20.0. The second-order valence-electron chi connectivity index (χ2n) is 5.57. The molecule has 0 fully saturated rings. The van der Waals surface area contributed by atoms with E-state index in [2.05, 4.69) is 62.1 Å². The maximum Gasteiger partial charge on any atom is 0.176 e. The molecule has 0 saturated heterocycles. The third-order valence-electron chi connectivity index (χ3n) is 3.81. The largest absolute Gasteiger partial charge is 0.347 e. The molecule has 0 aliphatic rings. The van der Waals surface area contributed by atoms with Gasteiger partial charge in [-0.2, -0.15) is 0 Å². The summed E-state index contributed by atoms with van der Waals surface area (Å²) in [5.74, 6) is 0.899. The summed E-state index contributed by atoms with van der Waals surface area (Å²) in [5, 5.41) is 3.23. The van der Waals surface area contributed by atoms with E-state index in [1.807, 2.05) is 43.5 Å². The predicted molar refractivity (Wildman–Crippen MR) is 104 cm³/mol. The number of carbonyl (C=O) groups is 1. The summed E-state index contributed by atoms with van der Waals surface area (Å²) < 4.78 is 1.20. The van der Waals surface area contributed by atoms with Crippen LogP contribution in [0.5, 0.6) is 0 Å². The van der Waals surface area contributed by atoms with E-state index in [1.54, 1.807) is 0 Å². The summed E-state index contributed by atoms with van der Waals surface area (Å²) in [6.45, 7) is 2.28. The fourth-order valence-corrected chi connectivity index (χ4v) is 2.76. The lowest BCUT2D eigenvalue weighted by Gasteiger charge is -2.10. The van der Waals surface area contributed by atoms with Crippen molar-refractivity contribution in [1.29, 1.82) is 0 Å². The Morgan fingerprint density at radius 2 is 1.88 bits per heavy atom. The quantitative estimate of drug-likeness (QED) is 0.454. The van der Waals surface area contributed by atoms with Gasteiger partial charge in [0.1, 0.15) is 5.82 Å². The lowest BCUT2D eigenvalue weighted by Crippen LogP contribution is -2.26. The number of carbonyl (C=O) groups excluding carboxylic acids is 1. The maximum absolute atomic E-state index is 12.1. The highest BCUT2D eigenvalue weighted by Gasteiger charge is 2.13. The average molecular weight is 431 g/mol. The van der Waals surface area contributed by atoms with Crippen LogP contribution in [0.25, 0.3) is 11.3 Å². The number of imidazole rings is 1. The number of benzene rings is 2. The molecule has 3 aromatic rings. The van der Waals surface area contributed by atoms with Gasteiger partial charge in [-0.15, -0.1) is 0 Å². The first kappa shape index (κ1) is 16.9. The van der Waals surface area contributed by atoms with Gasteiger partial charge in [-0.25, -0.2) is 4.98 Å². The number of H-pyrrole nitrogens is 1. The van der Waals surface area contributed by atoms with E-state index in [9.17, 15) is 4.79 Å². The minimum Gasteiger partial charge on any atom is -0.347 e. The third kappa shape index (κ3) is 4.10. The Morgan fingerprint density at radius 1 is 1.17 bits per heavy atom. The van der Waals surface area contributed by atoms with E-state index in [4.69, 9.17) is 0 Å². The van der Waals surface area contributed by atoms with Crippen molar-refractivity contribution in [3.8, 4) is 11.3 Å². The van der Waals surface area contributed by atoms with Gasteiger partial charge in [-0.05, 0) is 41.6 Å². The number of hydrogen-bond acceptors (Lipinski definition) is 3. The Kier molecular flexibility index (Phi) is 5.42. The normalized spacial score (nSPS) is 12.1. The molecule has 0 bridgehead atoms. The molecule has 1 heterocycles. The molecule has 122 valence electrons. The van der Waals surface area contributed by atoms with Crippen LogP contribution in [0, 0.1) is 3.57 Å². The first-order chi connectivity index (χ1) is 11.6. The zero-order valence-corrected chi connectivity index (χ0v) is 15.4. The smallest absolute Gasteiger partial charge is 0.176 e. The van der Waals surface area contributed by atoms with Crippen LogP contribution in [-0.4, -0.2) is 22.3 Å². The number of nitrogens with zero attached hydrogens (tertiary/aromatic N) is 1. The molecular formula is C19H18IN3O. The molecule has 2 N–H and O–H groups in total. The summed E-state index contributed by atoms with van der Waals surface area (Å²) in [7, 11) is 0. The van der Waals surface area contributed by atoms with E-state index < -0.39 is 0 Å². The summed E-state index contributed by atoms with van der Waals surface area (Å²) in [6.07, 6.45) is 1.90. The van der Waals surface area contributed by atoms with Gasteiger partial charge in [-0.3, -0.25) is 4.79 Å². The number of nitrogens with one attached hydrogen (secondary N) is 2. The van der Waals surface area contributed by atoms with Crippen molar-refractivity contribution in [1.82, 2.24) is 15.3 Å². The molecule has 1 aromatic heterocycles. The fourth-order valence-electron chi connectivity index (χ4n) is 2.40. The van der Waals surface area contributed by atoms with Crippen LogP contribution in [-0.2, 0) is 0 Å². The van der Waals surface area contributed by atoms with E-state index in [-0.39, 0.29) is 18.4 Å². The Labute approximate surface area is 154 Å². The Hall–Kier alpha value is -1.99. The molecule has 0 aliphatic heterocycles. The van der Waals surface area contributed by atoms with Crippen molar-refractivity contribution in [2.75, 3.05) is 6.54 Å². The molecular weight excluding hydrogens is 413 g/mol. The van der Waals surface area contributed by atoms with Gasteiger partial charge < -0.3 is 10.3 Å². The van der Waals surface area contributed by atoms with Crippen LogP contribution in [0.2, 0.25) is 0 Å². The van der Waals surface area contributed by atoms with Crippen molar-refractivity contribution in [3.05, 3.63) is 75.8 Å². The van der Waals surface area contributed by atoms with Gasteiger partial charge in [-0.1, -0.05) is 42.5 Å². The second kappa shape index (κ2) is 7.72. The van der Waals surface area contributed by atoms with Gasteiger partial charge in [0.15, 0.2) is 5.78 Å². The van der Waals surface area contributed by atoms with Crippen LogP contribution in [0.3, 0.4) is 0 Å². The highest BCUT2D eigenvalue weighted by atomic mass is 127. The second-order valence-corrected chi connectivity index (χ2v) is 6.82. The van der Waals surface area contributed by atoms with Gasteiger partial charge in [0.2, 0.25) is 0 Å². The number of Topliss-reactive ketones (excluding diaryl/α,β-unsaturated/α-hetero) is 1. The molecule has 0 amide bonds. The number of rotatable bonds is 6. The minimum absolute atomic E-state index is 0.0322. The molecule has 0 spiro atoms. The highest BCUT2D eigenvalue weighted by Crippen LogP contribution is 2.20. The molecule has 0 saturated carbocycles. The van der Waals surface area contributed by atoms with Crippen LogP contribution >= 0.6 is 22.6 Å². The lowest BCUT2D eigenvalue weighted by atomic mass is 10.1. The van der Waals surface area contributed by atoms with E-state index in [0.717, 1.165) is 22.6 Å². The standard InChI is InChI=1S/C19H18IN3O/c1-13(21-12-18(24)15-5-3-2-4-6-15)19-22-11-17(23-19)14-7-9-16(20)10-8-14/h2-11,13,21H,12H2,1H3,(H,22,23)/t13-/m1/s1. The SMILES string of the molecule is C[C@@H](NCC(=O)c1ccccc1)c1nc(-c2ccc(I)cc2)c[nH]1. The highest BCUT2D eigenvalue weighted by molar-refractivity contribution is 14.1. The maximum atomic E-state index is 12.1. The van der Waals surface area contributed by atoms with Gasteiger partial charge in [0, 0.05) is 20.9 Å². The van der Waals surface area contributed by atoms with Gasteiger partial charge >= 0.3 is 0 Å². The average Bonchev–Trinajstić information content (AvgIpc) is 3.11. The van der Waals surface area contributed by atoms with Crippen LogP contribution < -0.4 is 5.32 Å². The van der Waals surface area contributed by atoms with Crippen LogP contribution in [0.1, 0.15) is 29.1 Å². The molecule has 2 aromatic carbocycles. The number of hydrogen-bond donors (Lipinski definition) is 2. The van der Waals surface area contributed by atoms with Crippen molar-refractivity contribution in [2.24, 2.45) is 0 Å². The molecule has 5 heteroatoms. The zero-order chi connectivity index (χ0) is 16.9. The van der Waals surface area contributed by atoms with E-state index in [0.29, 0.717) is 0 Å². The topological polar surface area (TPSA) is 57.8 Å². The molecule has 24 heavy (non-hydrogen) atoms. The van der Waals surface area contributed by atoms with E-state index in [1.165, 1.54) is 3.57 Å². The molecule has 0 radical (unpaired) electrons. The van der Waals surface area contributed by atoms with Crippen molar-refractivity contribution in [2.45, 2.75) is 13.0 Å². The number of ketones is 1. The first-order valence-corrected chi connectivity index (χ1v) is 8.84. The molecule has 0 aliphatic carbocycles. The third-order valence-corrected chi connectivity index (χ3v) is 4.53. The van der Waals surface area contributed by atoms with Gasteiger partial charge in [0.25, 0.3) is 0 Å². The Bertz CT molecular complexity index is 812. The summed E-state index contributed by atoms with van der Waals surface area (Å²) >= 11 is 2.28. The lowest BCUT2D eigenvalue weighted by molar-refractivity contribution is 0.0987. The van der Waals surface area contributed by atoms with E-state index >= 15 is 0 Å². The van der Waals surface area contributed by atoms with Gasteiger partial charge in [0.05, 0.1) is 18.3 Å². The molecule has 1 atom stereocenters. The first-order valence-electron chi connectivity index (χ1n) is 7.76. The zero-order valence-electron chi connectivity index (χ0n) is 13.3. The molecule has 3 rings (SSSR count). The van der Waals surface area contributed by atoms with Crippen molar-refractivity contribution < 1.29 is 4.79 Å². The van der Waals surface area contributed by atoms with Crippen LogP contribution in [0.15, 0.2) is 60.8 Å². The van der Waals surface area contributed by atoms with Crippen molar-refractivity contribution in [3.63, 3.8) is 0 Å². The fraction of sp³-hybridized carbons (Fsp3) is 0.158. The van der Waals surface area contributed by atoms with Crippen molar-refractivity contribution >= 4 is 28.4 Å². The number of aromatic nitrogens is 2. The summed E-state index contributed by atoms with van der Waals surface area (Å²) in [6, 6.07) is 17.5. The monoisotopic (exact) mass is 431 g/mol. The molecule has 0 unspecified atom stereocenters. The Balaban J connectivity index is 1.62. The number of aromatic amines is 1. The minimum atomic E-state index is -0.0322. The summed E-state index contributed by atoms with van der Waals surface area (Å²) in [5.41, 5.74) is 2.70. The van der Waals surface area contributed by atoms with Crippen LogP contribution in [0.4, 0.5) is 0 Å². The number of halogens is 1. The Morgan fingerprint density at radius 3 is 2.58 bits per heavy atom. The molecule has 4 nitrogen and oxygen atoms in total.